The largest absolute Gasteiger partial charge is 0.317 e. The van der Waals surface area contributed by atoms with Crippen LogP contribution in [0.1, 0.15) is 32.3 Å². The summed E-state index contributed by atoms with van der Waals surface area (Å²) in [6, 6.07) is 5.71. The van der Waals surface area contributed by atoms with Crippen LogP contribution in [0.2, 0.25) is 10.0 Å². The molecule has 0 aliphatic rings. The van der Waals surface area contributed by atoms with Crippen LogP contribution in [0.4, 0.5) is 0 Å². The van der Waals surface area contributed by atoms with Gasteiger partial charge in [-0.1, -0.05) is 43.1 Å². The van der Waals surface area contributed by atoms with E-state index in [9.17, 15) is 0 Å². The van der Waals surface area contributed by atoms with Crippen molar-refractivity contribution in [2.45, 2.75) is 33.1 Å². The van der Waals surface area contributed by atoms with Gasteiger partial charge in [-0.3, -0.25) is 0 Å². The van der Waals surface area contributed by atoms with Crippen molar-refractivity contribution < 1.29 is 0 Å². The summed E-state index contributed by atoms with van der Waals surface area (Å²) in [5.41, 5.74) is 1.08. The van der Waals surface area contributed by atoms with Crippen LogP contribution in [0, 0.1) is 5.92 Å². The molecule has 0 saturated heterocycles. The van der Waals surface area contributed by atoms with E-state index in [4.69, 9.17) is 23.2 Å². The minimum atomic E-state index is 0.594. The summed E-state index contributed by atoms with van der Waals surface area (Å²) in [4.78, 5) is 0. The Hall–Kier alpha value is -0.240. The first-order chi connectivity index (χ1) is 8.15. The minimum Gasteiger partial charge on any atom is -0.317 e. The molecule has 0 aliphatic carbocycles. The average molecular weight is 274 g/mol. The first-order valence-electron chi connectivity index (χ1n) is 6.28. The molecular weight excluding hydrogens is 253 g/mol. The standard InChI is InChI=1S/C14H21Cl2N/c1-3-8-17-9-7-11(2)10-12-13(15)5-4-6-14(12)16/h4-6,11,17H,3,7-10H2,1-2H3. The van der Waals surface area contributed by atoms with Crippen LogP contribution in [-0.2, 0) is 6.42 Å². The van der Waals surface area contributed by atoms with E-state index < -0.39 is 0 Å². The SMILES string of the molecule is CCCNCCC(C)Cc1c(Cl)cccc1Cl. The zero-order valence-corrected chi connectivity index (χ0v) is 12.1. The Kier molecular flexibility index (Phi) is 6.94. The third kappa shape index (κ3) is 5.29. The van der Waals surface area contributed by atoms with E-state index >= 15 is 0 Å². The summed E-state index contributed by atoms with van der Waals surface area (Å²) in [5, 5.41) is 4.98. The van der Waals surface area contributed by atoms with Gasteiger partial charge in [-0.15, -0.1) is 0 Å². The number of halogens is 2. The molecule has 0 aliphatic heterocycles. The highest BCUT2D eigenvalue weighted by atomic mass is 35.5. The fourth-order valence-electron chi connectivity index (χ4n) is 1.83. The van der Waals surface area contributed by atoms with Gasteiger partial charge in [0.15, 0.2) is 0 Å². The molecule has 1 nitrogen and oxygen atoms in total. The molecule has 0 radical (unpaired) electrons. The highest BCUT2D eigenvalue weighted by Crippen LogP contribution is 2.27. The summed E-state index contributed by atoms with van der Waals surface area (Å²) in [6.07, 6.45) is 3.29. The first-order valence-corrected chi connectivity index (χ1v) is 7.04. The van der Waals surface area contributed by atoms with Crippen molar-refractivity contribution in [1.82, 2.24) is 5.32 Å². The van der Waals surface area contributed by atoms with Crippen molar-refractivity contribution in [3.05, 3.63) is 33.8 Å². The Balaban J connectivity index is 2.42. The van der Waals surface area contributed by atoms with Crippen LogP contribution in [0.3, 0.4) is 0 Å². The van der Waals surface area contributed by atoms with Gasteiger partial charge in [0.2, 0.25) is 0 Å². The third-order valence-electron chi connectivity index (χ3n) is 2.85. The maximum Gasteiger partial charge on any atom is 0.0452 e. The lowest BCUT2D eigenvalue weighted by molar-refractivity contribution is 0.498. The summed E-state index contributed by atoms with van der Waals surface area (Å²) in [5.74, 6) is 0.594. The number of hydrogen-bond donors (Lipinski definition) is 1. The number of nitrogens with one attached hydrogen (secondary N) is 1. The van der Waals surface area contributed by atoms with Gasteiger partial charge < -0.3 is 5.32 Å². The van der Waals surface area contributed by atoms with Gasteiger partial charge in [-0.05, 0) is 56.0 Å². The van der Waals surface area contributed by atoms with Crippen LogP contribution in [0.5, 0.6) is 0 Å². The van der Waals surface area contributed by atoms with Crippen molar-refractivity contribution in [3.63, 3.8) is 0 Å². The molecule has 0 bridgehead atoms. The summed E-state index contributed by atoms with van der Waals surface area (Å²) >= 11 is 12.3. The van der Waals surface area contributed by atoms with Gasteiger partial charge in [-0.2, -0.15) is 0 Å². The van der Waals surface area contributed by atoms with Crippen LogP contribution in [0.15, 0.2) is 18.2 Å². The molecule has 3 heteroatoms. The molecule has 96 valence electrons. The van der Waals surface area contributed by atoms with E-state index in [1.807, 2.05) is 18.2 Å². The van der Waals surface area contributed by atoms with E-state index in [0.29, 0.717) is 5.92 Å². The topological polar surface area (TPSA) is 12.0 Å². The predicted octanol–water partition coefficient (Wildman–Crippen LogP) is 4.56. The fraction of sp³-hybridized carbons (Fsp3) is 0.571. The molecule has 0 aromatic heterocycles. The van der Waals surface area contributed by atoms with E-state index in [2.05, 4.69) is 19.2 Å². The van der Waals surface area contributed by atoms with Crippen LogP contribution < -0.4 is 5.32 Å². The maximum absolute atomic E-state index is 6.16. The Bertz CT molecular complexity index is 319. The lowest BCUT2D eigenvalue weighted by atomic mass is 9.98. The molecule has 1 rings (SSSR count). The van der Waals surface area contributed by atoms with E-state index in [1.54, 1.807) is 0 Å². The summed E-state index contributed by atoms with van der Waals surface area (Å²) < 4.78 is 0. The van der Waals surface area contributed by atoms with Gasteiger partial charge in [0.25, 0.3) is 0 Å². The molecule has 1 N–H and O–H groups in total. The van der Waals surface area contributed by atoms with Crippen molar-refractivity contribution in [1.29, 1.82) is 0 Å². The lowest BCUT2D eigenvalue weighted by Crippen LogP contribution is -2.18. The second-order valence-electron chi connectivity index (χ2n) is 4.55. The van der Waals surface area contributed by atoms with Gasteiger partial charge in [0, 0.05) is 10.0 Å². The molecule has 1 aromatic rings. The molecule has 0 amide bonds. The Morgan fingerprint density at radius 1 is 1.18 bits per heavy atom. The number of benzene rings is 1. The van der Waals surface area contributed by atoms with Gasteiger partial charge in [0.05, 0.1) is 0 Å². The van der Waals surface area contributed by atoms with Gasteiger partial charge in [-0.25, -0.2) is 0 Å². The quantitative estimate of drug-likeness (QED) is 0.718. The highest BCUT2D eigenvalue weighted by molar-refractivity contribution is 6.35. The molecule has 0 spiro atoms. The molecular formula is C14H21Cl2N. The molecule has 1 atom stereocenters. The van der Waals surface area contributed by atoms with Crippen LogP contribution in [0.25, 0.3) is 0 Å². The Labute approximate surface area is 115 Å². The maximum atomic E-state index is 6.16. The molecule has 1 unspecified atom stereocenters. The molecule has 0 saturated carbocycles. The normalized spacial score (nSPS) is 12.7. The number of rotatable bonds is 7. The highest BCUT2D eigenvalue weighted by Gasteiger charge is 2.09. The Morgan fingerprint density at radius 3 is 2.41 bits per heavy atom. The van der Waals surface area contributed by atoms with E-state index in [1.165, 1.54) is 6.42 Å². The first kappa shape index (κ1) is 14.8. The Morgan fingerprint density at radius 2 is 1.82 bits per heavy atom. The second-order valence-corrected chi connectivity index (χ2v) is 5.36. The van der Waals surface area contributed by atoms with Crippen LogP contribution >= 0.6 is 23.2 Å². The lowest BCUT2D eigenvalue weighted by Gasteiger charge is -2.14. The van der Waals surface area contributed by atoms with Crippen molar-refractivity contribution in [2.24, 2.45) is 5.92 Å². The van der Waals surface area contributed by atoms with Crippen molar-refractivity contribution >= 4 is 23.2 Å². The minimum absolute atomic E-state index is 0.594. The summed E-state index contributed by atoms with van der Waals surface area (Å²) in [7, 11) is 0. The zero-order chi connectivity index (χ0) is 12.7. The molecule has 17 heavy (non-hydrogen) atoms. The van der Waals surface area contributed by atoms with Crippen molar-refractivity contribution in [3.8, 4) is 0 Å². The monoisotopic (exact) mass is 273 g/mol. The predicted molar refractivity (Wildman–Crippen MR) is 77.1 cm³/mol. The van der Waals surface area contributed by atoms with E-state index in [0.717, 1.165) is 41.5 Å². The molecule has 0 heterocycles. The van der Waals surface area contributed by atoms with Crippen LogP contribution in [-0.4, -0.2) is 13.1 Å². The molecule has 0 fully saturated rings. The fourth-order valence-corrected chi connectivity index (χ4v) is 2.38. The third-order valence-corrected chi connectivity index (χ3v) is 3.56. The van der Waals surface area contributed by atoms with E-state index in [-0.39, 0.29) is 0 Å². The number of hydrogen-bond acceptors (Lipinski definition) is 1. The van der Waals surface area contributed by atoms with Gasteiger partial charge in [0.1, 0.15) is 0 Å². The smallest absolute Gasteiger partial charge is 0.0452 e. The van der Waals surface area contributed by atoms with Gasteiger partial charge >= 0.3 is 0 Å². The summed E-state index contributed by atoms with van der Waals surface area (Å²) in [6.45, 7) is 6.59. The second kappa shape index (κ2) is 7.97. The zero-order valence-electron chi connectivity index (χ0n) is 10.6. The molecule has 1 aromatic carbocycles. The average Bonchev–Trinajstić information content (AvgIpc) is 2.30. The van der Waals surface area contributed by atoms with Crippen molar-refractivity contribution in [2.75, 3.05) is 13.1 Å².